The highest BCUT2D eigenvalue weighted by Gasteiger charge is 2.20. The monoisotopic (exact) mass is 235 g/mol. The molecule has 0 aromatic carbocycles. The van der Waals surface area contributed by atoms with Crippen molar-refractivity contribution in [1.29, 1.82) is 0 Å². The first-order chi connectivity index (χ1) is 8.11. The van der Waals surface area contributed by atoms with Gasteiger partial charge in [-0.15, -0.1) is 0 Å². The maximum absolute atomic E-state index is 11.4. The number of nitrogens with one attached hydrogen (secondary N) is 1. The Labute approximate surface area is 100 Å². The van der Waals surface area contributed by atoms with Crippen LogP contribution in [0.25, 0.3) is 0 Å². The molecule has 0 radical (unpaired) electrons. The maximum atomic E-state index is 11.4. The third-order valence-electron chi connectivity index (χ3n) is 2.86. The molecule has 0 aliphatic carbocycles. The number of hydrogen-bond acceptors (Lipinski definition) is 5. The van der Waals surface area contributed by atoms with E-state index in [-0.39, 0.29) is 5.91 Å². The van der Waals surface area contributed by atoms with Crippen LogP contribution in [0.4, 0.5) is 11.6 Å². The molecule has 1 aliphatic heterocycles. The minimum absolute atomic E-state index is 0.0193. The van der Waals surface area contributed by atoms with E-state index in [1.807, 2.05) is 18.7 Å². The fourth-order valence-corrected chi connectivity index (χ4v) is 1.85. The second kappa shape index (κ2) is 4.57. The van der Waals surface area contributed by atoms with Crippen LogP contribution in [0, 0.1) is 6.92 Å². The van der Waals surface area contributed by atoms with Gasteiger partial charge in [-0.05, 0) is 6.92 Å². The minimum Gasteiger partial charge on any atom is -0.383 e. The summed E-state index contributed by atoms with van der Waals surface area (Å²) in [6.07, 6.45) is 0.734. The van der Waals surface area contributed by atoms with E-state index in [1.54, 1.807) is 0 Å². The van der Waals surface area contributed by atoms with Gasteiger partial charge in [0.1, 0.15) is 17.5 Å². The lowest BCUT2D eigenvalue weighted by Crippen LogP contribution is -2.48. The zero-order valence-corrected chi connectivity index (χ0v) is 10.2. The lowest BCUT2D eigenvalue weighted by Gasteiger charge is -2.29. The molecule has 1 amide bonds. The number of amides is 1. The molecule has 0 saturated carbocycles. The first-order valence-electron chi connectivity index (χ1n) is 5.76. The van der Waals surface area contributed by atoms with Gasteiger partial charge in [0.15, 0.2) is 0 Å². The van der Waals surface area contributed by atoms with Gasteiger partial charge >= 0.3 is 0 Å². The molecular weight excluding hydrogens is 218 g/mol. The van der Waals surface area contributed by atoms with Crippen LogP contribution in [0.3, 0.4) is 0 Å². The summed E-state index contributed by atoms with van der Waals surface area (Å²) in [6.45, 7) is 5.60. The summed E-state index contributed by atoms with van der Waals surface area (Å²) >= 11 is 0. The van der Waals surface area contributed by atoms with Gasteiger partial charge in [-0.3, -0.25) is 4.79 Å². The number of piperazine rings is 1. The zero-order chi connectivity index (χ0) is 12.4. The van der Waals surface area contributed by atoms with Crippen molar-refractivity contribution in [2.45, 2.75) is 20.3 Å². The van der Waals surface area contributed by atoms with Crippen LogP contribution in [0.1, 0.15) is 18.3 Å². The predicted octanol–water partition coefficient (Wildman–Crippen LogP) is -0.134. The summed E-state index contributed by atoms with van der Waals surface area (Å²) in [5.41, 5.74) is 6.70. The fourth-order valence-electron chi connectivity index (χ4n) is 1.85. The second-order valence-electron chi connectivity index (χ2n) is 4.10. The van der Waals surface area contributed by atoms with Crippen molar-refractivity contribution in [3.63, 3.8) is 0 Å². The molecule has 1 aromatic rings. The quantitative estimate of drug-likeness (QED) is 0.745. The highest BCUT2D eigenvalue weighted by atomic mass is 16.2. The molecule has 0 bridgehead atoms. The topological polar surface area (TPSA) is 84.1 Å². The first kappa shape index (κ1) is 11.6. The van der Waals surface area contributed by atoms with Gasteiger partial charge in [0.05, 0.1) is 6.54 Å². The second-order valence-corrected chi connectivity index (χ2v) is 4.10. The molecule has 17 heavy (non-hydrogen) atoms. The van der Waals surface area contributed by atoms with Gasteiger partial charge in [-0.2, -0.15) is 0 Å². The molecule has 0 spiro atoms. The summed E-state index contributed by atoms with van der Waals surface area (Å²) in [5.74, 6) is 2.02. The van der Waals surface area contributed by atoms with E-state index >= 15 is 0 Å². The van der Waals surface area contributed by atoms with Crippen molar-refractivity contribution >= 4 is 17.5 Å². The number of aromatic nitrogens is 2. The van der Waals surface area contributed by atoms with Crippen LogP contribution in [-0.2, 0) is 11.2 Å². The number of nitrogen functional groups attached to an aromatic ring is 1. The molecule has 1 fully saturated rings. The van der Waals surface area contributed by atoms with Crippen LogP contribution >= 0.6 is 0 Å². The third-order valence-corrected chi connectivity index (χ3v) is 2.86. The summed E-state index contributed by atoms with van der Waals surface area (Å²) in [4.78, 5) is 22.0. The molecule has 6 heteroatoms. The number of nitrogens with zero attached hydrogens (tertiary/aromatic N) is 3. The van der Waals surface area contributed by atoms with Crippen molar-refractivity contribution in [3.8, 4) is 0 Å². The van der Waals surface area contributed by atoms with E-state index in [1.165, 1.54) is 0 Å². The third kappa shape index (κ3) is 2.30. The largest absolute Gasteiger partial charge is 0.383 e. The van der Waals surface area contributed by atoms with E-state index in [0.29, 0.717) is 24.7 Å². The predicted molar refractivity (Wildman–Crippen MR) is 65.8 cm³/mol. The smallest absolute Gasteiger partial charge is 0.239 e. The molecule has 0 unspecified atom stereocenters. The van der Waals surface area contributed by atoms with Gasteiger partial charge in [0.25, 0.3) is 0 Å². The van der Waals surface area contributed by atoms with Crippen LogP contribution in [0.15, 0.2) is 0 Å². The fraction of sp³-hybridized carbons (Fsp3) is 0.545. The van der Waals surface area contributed by atoms with Crippen molar-refractivity contribution in [3.05, 3.63) is 11.4 Å². The molecule has 1 saturated heterocycles. The molecule has 0 atom stereocenters. The van der Waals surface area contributed by atoms with Crippen LogP contribution in [-0.4, -0.2) is 35.5 Å². The number of aryl methyl sites for hydroxylation is 1. The van der Waals surface area contributed by atoms with Crippen molar-refractivity contribution in [1.82, 2.24) is 15.3 Å². The van der Waals surface area contributed by atoms with Crippen molar-refractivity contribution in [2.24, 2.45) is 0 Å². The zero-order valence-electron chi connectivity index (χ0n) is 10.2. The Bertz CT molecular complexity index is 446. The van der Waals surface area contributed by atoms with Crippen LogP contribution in [0.5, 0.6) is 0 Å². The van der Waals surface area contributed by atoms with Crippen LogP contribution < -0.4 is 16.0 Å². The summed E-state index contributed by atoms with van der Waals surface area (Å²) in [5, 5.41) is 2.79. The van der Waals surface area contributed by atoms with E-state index < -0.39 is 0 Å². The van der Waals surface area contributed by atoms with Crippen molar-refractivity contribution < 1.29 is 4.79 Å². The molecule has 1 aliphatic rings. The SMILES string of the molecule is CCc1nc(N)c(C)c(N2CCNC(=O)C2)n1. The Morgan fingerprint density at radius 3 is 2.88 bits per heavy atom. The molecular formula is C11H17N5O. The lowest BCUT2D eigenvalue weighted by atomic mass is 10.2. The van der Waals surface area contributed by atoms with Gasteiger partial charge < -0.3 is 16.0 Å². The average Bonchev–Trinajstić information content (AvgIpc) is 2.32. The number of nitrogens with two attached hydrogens (primary N) is 1. The standard InChI is InChI=1S/C11H17N5O/c1-3-8-14-10(12)7(2)11(15-8)16-5-4-13-9(17)6-16/h3-6H2,1-2H3,(H,13,17)(H2,12,14,15). The van der Waals surface area contributed by atoms with Gasteiger partial charge in [0.2, 0.25) is 5.91 Å². The van der Waals surface area contributed by atoms with E-state index in [4.69, 9.17) is 5.73 Å². The summed E-state index contributed by atoms with van der Waals surface area (Å²) in [7, 11) is 0. The molecule has 2 rings (SSSR count). The van der Waals surface area contributed by atoms with E-state index in [9.17, 15) is 4.79 Å². The Morgan fingerprint density at radius 2 is 2.24 bits per heavy atom. The van der Waals surface area contributed by atoms with Gasteiger partial charge in [-0.25, -0.2) is 9.97 Å². The Balaban J connectivity index is 2.36. The van der Waals surface area contributed by atoms with E-state index in [2.05, 4.69) is 15.3 Å². The Morgan fingerprint density at radius 1 is 1.47 bits per heavy atom. The molecule has 3 N–H and O–H groups in total. The average molecular weight is 235 g/mol. The minimum atomic E-state index is 0.0193. The Hall–Kier alpha value is -1.85. The lowest BCUT2D eigenvalue weighted by molar-refractivity contribution is -0.120. The first-order valence-corrected chi connectivity index (χ1v) is 5.76. The number of rotatable bonds is 2. The summed E-state index contributed by atoms with van der Waals surface area (Å²) in [6, 6.07) is 0. The summed E-state index contributed by atoms with van der Waals surface area (Å²) < 4.78 is 0. The van der Waals surface area contributed by atoms with Crippen LogP contribution in [0.2, 0.25) is 0 Å². The Kier molecular flexibility index (Phi) is 3.12. The molecule has 6 nitrogen and oxygen atoms in total. The maximum Gasteiger partial charge on any atom is 0.239 e. The molecule has 1 aromatic heterocycles. The molecule has 92 valence electrons. The number of hydrogen-bond donors (Lipinski definition) is 2. The van der Waals surface area contributed by atoms with Gasteiger partial charge in [-0.1, -0.05) is 6.92 Å². The highest BCUT2D eigenvalue weighted by Crippen LogP contribution is 2.22. The molecule has 2 heterocycles. The van der Waals surface area contributed by atoms with Gasteiger partial charge in [0, 0.05) is 25.1 Å². The van der Waals surface area contributed by atoms with E-state index in [0.717, 1.165) is 24.3 Å². The normalized spacial score (nSPS) is 15.9. The van der Waals surface area contributed by atoms with Crippen molar-refractivity contribution in [2.75, 3.05) is 30.3 Å². The number of anilines is 2. The number of carbonyl (C=O) groups excluding carboxylic acids is 1. The highest BCUT2D eigenvalue weighted by molar-refractivity contribution is 5.82. The number of carbonyl (C=O) groups is 1.